The SMILES string of the molecule is O=CC(Cc1ccccn1)c1ccc(Cl)cc1. The molecule has 0 saturated heterocycles. The van der Waals surface area contributed by atoms with Crippen LogP contribution in [-0.2, 0) is 11.2 Å². The molecule has 1 atom stereocenters. The van der Waals surface area contributed by atoms with Crippen molar-refractivity contribution in [2.75, 3.05) is 0 Å². The van der Waals surface area contributed by atoms with Gasteiger partial charge in [-0.3, -0.25) is 4.98 Å². The van der Waals surface area contributed by atoms with Crippen molar-refractivity contribution in [1.29, 1.82) is 0 Å². The molecule has 3 heteroatoms. The number of hydrogen-bond donors (Lipinski definition) is 0. The van der Waals surface area contributed by atoms with Gasteiger partial charge in [0.05, 0.1) is 0 Å². The van der Waals surface area contributed by atoms with E-state index in [1.54, 1.807) is 18.3 Å². The van der Waals surface area contributed by atoms with Crippen molar-refractivity contribution in [3.05, 3.63) is 64.9 Å². The summed E-state index contributed by atoms with van der Waals surface area (Å²) in [6.07, 6.45) is 3.31. The Kier molecular flexibility index (Phi) is 3.89. The van der Waals surface area contributed by atoms with Gasteiger partial charge in [0.25, 0.3) is 0 Å². The molecule has 0 aliphatic heterocycles. The number of nitrogens with zero attached hydrogens (tertiary/aromatic N) is 1. The molecule has 0 bridgehead atoms. The summed E-state index contributed by atoms with van der Waals surface area (Å²) in [6.45, 7) is 0. The molecule has 1 unspecified atom stereocenters. The second kappa shape index (κ2) is 5.60. The third-order valence-electron chi connectivity index (χ3n) is 2.62. The Morgan fingerprint density at radius 1 is 1.18 bits per heavy atom. The Labute approximate surface area is 105 Å². The summed E-state index contributed by atoms with van der Waals surface area (Å²) in [5.74, 6) is -0.165. The van der Waals surface area contributed by atoms with Gasteiger partial charge in [-0.15, -0.1) is 0 Å². The van der Waals surface area contributed by atoms with E-state index in [1.807, 2.05) is 30.3 Å². The molecule has 0 N–H and O–H groups in total. The Morgan fingerprint density at radius 3 is 2.53 bits per heavy atom. The van der Waals surface area contributed by atoms with Gasteiger partial charge >= 0.3 is 0 Å². The Morgan fingerprint density at radius 2 is 1.94 bits per heavy atom. The predicted octanol–water partition coefficient (Wildman–Crippen LogP) is 3.26. The molecule has 0 aliphatic carbocycles. The van der Waals surface area contributed by atoms with Gasteiger partial charge in [-0.25, -0.2) is 0 Å². The summed E-state index contributed by atoms with van der Waals surface area (Å²) >= 11 is 5.82. The van der Waals surface area contributed by atoms with Crippen molar-refractivity contribution in [1.82, 2.24) is 4.98 Å². The lowest BCUT2D eigenvalue weighted by atomic mass is 9.95. The maximum atomic E-state index is 11.1. The summed E-state index contributed by atoms with van der Waals surface area (Å²) in [7, 11) is 0. The van der Waals surface area contributed by atoms with Crippen LogP contribution in [0.3, 0.4) is 0 Å². The highest BCUT2D eigenvalue weighted by molar-refractivity contribution is 6.30. The normalized spacial score (nSPS) is 12.1. The number of aromatic nitrogens is 1. The van der Waals surface area contributed by atoms with Crippen LogP contribution in [-0.4, -0.2) is 11.3 Å². The highest BCUT2D eigenvalue weighted by Crippen LogP contribution is 2.20. The van der Waals surface area contributed by atoms with Crippen LogP contribution in [0.5, 0.6) is 0 Å². The van der Waals surface area contributed by atoms with Gasteiger partial charge in [-0.2, -0.15) is 0 Å². The fraction of sp³-hybridized carbons (Fsp3) is 0.143. The van der Waals surface area contributed by atoms with Crippen molar-refractivity contribution in [3.63, 3.8) is 0 Å². The number of aldehydes is 1. The largest absolute Gasteiger partial charge is 0.303 e. The second-order valence-electron chi connectivity index (χ2n) is 3.82. The molecule has 2 aromatic rings. The molecule has 0 spiro atoms. The van der Waals surface area contributed by atoms with E-state index < -0.39 is 0 Å². The van der Waals surface area contributed by atoms with Crippen LogP contribution < -0.4 is 0 Å². The average Bonchev–Trinajstić information content (AvgIpc) is 2.38. The van der Waals surface area contributed by atoms with Crippen molar-refractivity contribution in [2.24, 2.45) is 0 Å². The number of halogens is 1. The van der Waals surface area contributed by atoms with Gasteiger partial charge in [0, 0.05) is 29.3 Å². The second-order valence-corrected chi connectivity index (χ2v) is 4.26. The van der Waals surface area contributed by atoms with Crippen LogP contribution >= 0.6 is 11.6 Å². The van der Waals surface area contributed by atoms with Gasteiger partial charge in [0.15, 0.2) is 0 Å². The summed E-state index contributed by atoms with van der Waals surface area (Å²) in [6, 6.07) is 13.1. The summed E-state index contributed by atoms with van der Waals surface area (Å²) in [5, 5.41) is 0.677. The Bertz CT molecular complexity index is 481. The smallest absolute Gasteiger partial charge is 0.127 e. The molecular weight excluding hydrogens is 234 g/mol. The molecule has 2 rings (SSSR count). The highest BCUT2D eigenvalue weighted by Gasteiger charge is 2.11. The van der Waals surface area contributed by atoms with Crippen molar-refractivity contribution in [2.45, 2.75) is 12.3 Å². The lowest BCUT2D eigenvalue weighted by Crippen LogP contribution is -2.05. The van der Waals surface area contributed by atoms with Crippen LogP contribution in [0.4, 0.5) is 0 Å². The number of benzene rings is 1. The molecular formula is C14H12ClNO. The minimum absolute atomic E-state index is 0.165. The van der Waals surface area contributed by atoms with Gasteiger partial charge in [0.2, 0.25) is 0 Å². The van der Waals surface area contributed by atoms with E-state index in [-0.39, 0.29) is 5.92 Å². The summed E-state index contributed by atoms with van der Waals surface area (Å²) in [5.41, 5.74) is 1.88. The third kappa shape index (κ3) is 3.14. The maximum Gasteiger partial charge on any atom is 0.127 e. The van der Waals surface area contributed by atoms with Crippen LogP contribution in [0.25, 0.3) is 0 Å². The molecule has 1 aromatic heterocycles. The number of carbonyl (C=O) groups excluding carboxylic acids is 1. The maximum absolute atomic E-state index is 11.1. The lowest BCUT2D eigenvalue weighted by molar-refractivity contribution is -0.109. The molecule has 0 fully saturated rings. The van der Waals surface area contributed by atoms with Crippen LogP contribution in [0.1, 0.15) is 17.2 Å². The zero-order valence-corrected chi connectivity index (χ0v) is 9.97. The molecule has 86 valence electrons. The first-order valence-corrected chi connectivity index (χ1v) is 5.78. The minimum atomic E-state index is -0.165. The topological polar surface area (TPSA) is 30.0 Å². The van der Waals surface area contributed by atoms with Crippen molar-refractivity contribution in [3.8, 4) is 0 Å². The number of hydrogen-bond acceptors (Lipinski definition) is 2. The number of rotatable bonds is 4. The van der Waals surface area contributed by atoms with E-state index in [4.69, 9.17) is 11.6 Å². The van der Waals surface area contributed by atoms with Gasteiger partial charge in [-0.05, 0) is 29.8 Å². The fourth-order valence-corrected chi connectivity index (χ4v) is 1.82. The minimum Gasteiger partial charge on any atom is -0.303 e. The summed E-state index contributed by atoms with van der Waals surface area (Å²) < 4.78 is 0. The highest BCUT2D eigenvalue weighted by atomic mass is 35.5. The summed E-state index contributed by atoms with van der Waals surface area (Å²) in [4.78, 5) is 15.4. The van der Waals surface area contributed by atoms with E-state index in [0.717, 1.165) is 17.5 Å². The van der Waals surface area contributed by atoms with E-state index >= 15 is 0 Å². The van der Waals surface area contributed by atoms with Gasteiger partial charge in [-0.1, -0.05) is 29.8 Å². The molecule has 0 amide bonds. The third-order valence-corrected chi connectivity index (χ3v) is 2.87. The zero-order valence-electron chi connectivity index (χ0n) is 9.21. The predicted molar refractivity (Wildman–Crippen MR) is 68.2 cm³/mol. The first kappa shape index (κ1) is 11.8. The zero-order chi connectivity index (χ0) is 12.1. The van der Waals surface area contributed by atoms with Gasteiger partial charge < -0.3 is 4.79 Å². The van der Waals surface area contributed by atoms with Crippen LogP contribution in [0, 0.1) is 0 Å². The average molecular weight is 246 g/mol. The Balaban J connectivity index is 2.17. The number of carbonyl (C=O) groups is 1. The van der Waals surface area contributed by atoms with E-state index in [1.165, 1.54) is 0 Å². The van der Waals surface area contributed by atoms with Gasteiger partial charge in [0.1, 0.15) is 6.29 Å². The fourth-order valence-electron chi connectivity index (χ4n) is 1.70. The molecule has 1 aromatic carbocycles. The molecule has 0 aliphatic rings. The first-order valence-electron chi connectivity index (χ1n) is 5.40. The van der Waals surface area contributed by atoms with Crippen molar-refractivity contribution >= 4 is 17.9 Å². The monoisotopic (exact) mass is 245 g/mol. The van der Waals surface area contributed by atoms with E-state index in [2.05, 4.69) is 4.98 Å². The van der Waals surface area contributed by atoms with Crippen molar-refractivity contribution < 1.29 is 4.79 Å². The molecule has 17 heavy (non-hydrogen) atoms. The van der Waals surface area contributed by atoms with Crippen LogP contribution in [0.2, 0.25) is 5.02 Å². The van der Waals surface area contributed by atoms with E-state index in [0.29, 0.717) is 11.4 Å². The molecule has 0 radical (unpaired) electrons. The quantitative estimate of drug-likeness (QED) is 0.774. The van der Waals surface area contributed by atoms with E-state index in [9.17, 15) is 4.79 Å². The standard InChI is InChI=1S/C14H12ClNO/c15-13-6-4-11(5-7-13)12(10-17)9-14-3-1-2-8-16-14/h1-8,10,12H,9H2. The molecule has 1 heterocycles. The molecule has 2 nitrogen and oxygen atoms in total. The Hall–Kier alpha value is -1.67. The first-order chi connectivity index (χ1) is 8.29. The lowest BCUT2D eigenvalue weighted by Gasteiger charge is -2.10. The molecule has 0 saturated carbocycles. The number of pyridine rings is 1. The van der Waals surface area contributed by atoms with Crippen LogP contribution in [0.15, 0.2) is 48.7 Å².